The number of thioether (sulfide) groups is 1. The van der Waals surface area contributed by atoms with E-state index < -0.39 is 22.0 Å². The summed E-state index contributed by atoms with van der Waals surface area (Å²) in [6, 6.07) is 5.62. The summed E-state index contributed by atoms with van der Waals surface area (Å²) in [6.45, 7) is 4.58. The van der Waals surface area contributed by atoms with Gasteiger partial charge in [-0.15, -0.1) is 0 Å². The fourth-order valence-corrected chi connectivity index (χ4v) is 4.53. The third-order valence-electron chi connectivity index (χ3n) is 4.13. The second-order valence-electron chi connectivity index (χ2n) is 6.18. The first-order valence-electron chi connectivity index (χ1n) is 8.78. The number of sulfonamides is 1. The van der Waals surface area contributed by atoms with E-state index >= 15 is 0 Å². The Labute approximate surface area is 174 Å². The molecule has 2 rings (SSSR count). The number of benzene rings is 1. The Kier molecular flexibility index (Phi) is 8.23. The number of carbonyl (C=O) groups excluding carboxylic acids is 1. The van der Waals surface area contributed by atoms with Crippen molar-refractivity contribution < 1.29 is 13.2 Å². The molecule has 154 valence electrons. The summed E-state index contributed by atoms with van der Waals surface area (Å²) in [5.41, 5.74) is 0.958. The van der Waals surface area contributed by atoms with Gasteiger partial charge in [0.1, 0.15) is 6.04 Å². The van der Waals surface area contributed by atoms with Gasteiger partial charge >= 0.3 is 0 Å². The zero-order valence-corrected chi connectivity index (χ0v) is 18.5. The minimum atomic E-state index is -3.81. The van der Waals surface area contributed by atoms with Crippen LogP contribution >= 0.6 is 24.0 Å². The lowest BCUT2D eigenvalue weighted by Crippen LogP contribution is -2.47. The fourth-order valence-electron chi connectivity index (χ4n) is 2.55. The second kappa shape index (κ2) is 10.2. The maximum atomic E-state index is 12.7. The maximum absolute atomic E-state index is 12.7. The van der Waals surface area contributed by atoms with E-state index in [2.05, 4.69) is 20.2 Å². The largest absolute Gasteiger partial charge is 0.347 e. The third-order valence-corrected chi connectivity index (χ3v) is 6.57. The van der Waals surface area contributed by atoms with Crippen LogP contribution in [-0.4, -0.2) is 47.1 Å². The molecule has 1 atom stereocenters. The van der Waals surface area contributed by atoms with Crippen LogP contribution in [0.3, 0.4) is 0 Å². The number of nitrogens with one attached hydrogen (secondary N) is 3. The normalized spacial score (nSPS) is 12.7. The Hall–Kier alpha value is -1.69. The lowest BCUT2D eigenvalue weighted by molar-refractivity contribution is -0.123. The van der Waals surface area contributed by atoms with Crippen molar-refractivity contribution in [3.05, 3.63) is 40.4 Å². The SMILES string of the molecule is CCn1c(CNC(=O)C(CCSC)NS(=O)(=O)c2ccc(C)cc2)n[nH]c1=S. The quantitative estimate of drug-likeness (QED) is 0.485. The highest BCUT2D eigenvalue weighted by molar-refractivity contribution is 7.98. The standard InChI is InChI=1S/C17H25N5O3S3/c1-4-22-15(19-20-17(22)26)11-18-16(23)14(9-10-27-3)21-28(24,25)13-7-5-12(2)6-8-13/h5-8,14,21H,4,9-11H2,1-3H3,(H,18,23)(H,20,26). The molecular formula is C17H25N5O3S3. The molecule has 0 radical (unpaired) electrons. The minimum Gasteiger partial charge on any atom is -0.347 e. The molecule has 2 aromatic rings. The topological polar surface area (TPSA) is 109 Å². The van der Waals surface area contributed by atoms with Gasteiger partial charge in [-0.1, -0.05) is 17.7 Å². The van der Waals surface area contributed by atoms with Crippen LogP contribution in [0.15, 0.2) is 29.2 Å². The first-order valence-corrected chi connectivity index (χ1v) is 12.1. The number of rotatable bonds is 10. The second-order valence-corrected chi connectivity index (χ2v) is 9.26. The fraction of sp³-hybridized carbons (Fsp3) is 0.471. The predicted molar refractivity (Wildman–Crippen MR) is 113 cm³/mol. The molecule has 1 unspecified atom stereocenters. The van der Waals surface area contributed by atoms with Gasteiger partial charge in [-0.25, -0.2) is 8.42 Å². The van der Waals surface area contributed by atoms with Gasteiger partial charge in [0.15, 0.2) is 10.6 Å². The number of hydrogen-bond acceptors (Lipinski definition) is 6. The number of nitrogens with zero attached hydrogens (tertiary/aromatic N) is 2. The van der Waals surface area contributed by atoms with E-state index in [1.165, 1.54) is 12.1 Å². The van der Waals surface area contributed by atoms with E-state index in [1.807, 2.05) is 20.1 Å². The van der Waals surface area contributed by atoms with Crippen LogP contribution in [0.25, 0.3) is 0 Å². The Bertz CT molecular complexity index is 951. The lowest BCUT2D eigenvalue weighted by Gasteiger charge is -2.18. The number of aromatic nitrogens is 3. The Morgan fingerprint density at radius 3 is 2.64 bits per heavy atom. The number of H-pyrrole nitrogens is 1. The van der Waals surface area contributed by atoms with Crippen LogP contribution in [-0.2, 0) is 27.9 Å². The molecule has 0 bridgehead atoms. The molecule has 8 nitrogen and oxygen atoms in total. The average Bonchev–Trinajstić information content (AvgIpc) is 3.03. The van der Waals surface area contributed by atoms with Crippen LogP contribution in [0.4, 0.5) is 0 Å². The molecule has 1 aromatic carbocycles. The van der Waals surface area contributed by atoms with Gasteiger partial charge in [-0.05, 0) is 56.6 Å². The smallest absolute Gasteiger partial charge is 0.241 e. The molecular weight excluding hydrogens is 418 g/mol. The maximum Gasteiger partial charge on any atom is 0.241 e. The van der Waals surface area contributed by atoms with E-state index in [0.717, 1.165) is 5.56 Å². The monoisotopic (exact) mass is 443 g/mol. The van der Waals surface area contributed by atoms with Gasteiger partial charge < -0.3 is 9.88 Å². The van der Waals surface area contributed by atoms with E-state index in [9.17, 15) is 13.2 Å². The van der Waals surface area contributed by atoms with Gasteiger partial charge in [0.05, 0.1) is 11.4 Å². The minimum absolute atomic E-state index is 0.131. The van der Waals surface area contributed by atoms with Gasteiger partial charge in [-0.2, -0.15) is 21.6 Å². The van der Waals surface area contributed by atoms with Crippen molar-refractivity contribution in [1.82, 2.24) is 24.8 Å². The summed E-state index contributed by atoms with van der Waals surface area (Å²) in [5.74, 6) is 0.828. The summed E-state index contributed by atoms with van der Waals surface area (Å²) >= 11 is 6.68. The Balaban J connectivity index is 2.12. The van der Waals surface area contributed by atoms with E-state index in [0.29, 0.717) is 29.3 Å². The molecule has 0 aliphatic heterocycles. The summed E-state index contributed by atoms with van der Waals surface area (Å²) in [6.07, 6.45) is 2.28. The van der Waals surface area contributed by atoms with Gasteiger partial charge in [-0.3, -0.25) is 9.89 Å². The van der Waals surface area contributed by atoms with Crippen LogP contribution in [0.5, 0.6) is 0 Å². The van der Waals surface area contributed by atoms with E-state index in [1.54, 1.807) is 28.5 Å². The zero-order chi connectivity index (χ0) is 20.7. The molecule has 0 spiro atoms. The van der Waals surface area contributed by atoms with Crippen LogP contribution in [0, 0.1) is 11.7 Å². The van der Waals surface area contributed by atoms with Crippen molar-refractivity contribution in [2.24, 2.45) is 0 Å². The van der Waals surface area contributed by atoms with Crippen molar-refractivity contribution in [1.29, 1.82) is 0 Å². The van der Waals surface area contributed by atoms with Crippen molar-refractivity contribution in [3.8, 4) is 0 Å². The van der Waals surface area contributed by atoms with E-state index in [-0.39, 0.29) is 11.4 Å². The molecule has 0 fully saturated rings. The number of hydrogen-bond donors (Lipinski definition) is 3. The van der Waals surface area contributed by atoms with Crippen LogP contribution in [0.2, 0.25) is 0 Å². The number of aromatic amines is 1. The predicted octanol–water partition coefficient (Wildman–Crippen LogP) is 1.99. The average molecular weight is 444 g/mol. The Morgan fingerprint density at radius 2 is 2.04 bits per heavy atom. The van der Waals surface area contributed by atoms with Gasteiger partial charge in [0.2, 0.25) is 15.9 Å². The summed E-state index contributed by atoms with van der Waals surface area (Å²) in [7, 11) is -3.81. The summed E-state index contributed by atoms with van der Waals surface area (Å²) in [4.78, 5) is 12.8. The van der Waals surface area contributed by atoms with Crippen molar-refractivity contribution in [2.45, 2.75) is 44.3 Å². The van der Waals surface area contributed by atoms with Crippen LogP contribution < -0.4 is 10.0 Å². The van der Waals surface area contributed by atoms with Gasteiger partial charge in [0, 0.05) is 6.54 Å². The first kappa shape index (κ1) is 22.6. The molecule has 0 saturated carbocycles. The van der Waals surface area contributed by atoms with Crippen molar-refractivity contribution >= 4 is 39.9 Å². The van der Waals surface area contributed by atoms with Crippen LogP contribution in [0.1, 0.15) is 24.7 Å². The highest BCUT2D eigenvalue weighted by Gasteiger charge is 2.25. The molecule has 0 saturated heterocycles. The molecule has 1 amide bonds. The molecule has 11 heteroatoms. The Morgan fingerprint density at radius 1 is 1.36 bits per heavy atom. The highest BCUT2D eigenvalue weighted by atomic mass is 32.2. The zero-order valence-electron chi connectivity index (χ0n) is 16.1. The molecule has 28 heavy (non-hydrogen) atoms. The summed E-state index contributed by atoms with van der Waals surface area (Å²) in [5, 5.41) is 9.54. The third kappa shape index (κ3) is 5.90. The molecule has 1 aromatic heterocycles. The van der Waals surface area contributed by atoms with Gasteiger partial charge in [0.25, 0.3) is 0 Å². The van der Waals surface area contributed by atoms with Crippen molar-refractivity contribution in [3.63, 3.8) is 0 Å². The van der Waals surface area contributed by atoms with Crippen molar-refractivity contribution in [2.75, 3.05) is 12.0 Å². The number of amides is 1. The lowest BCUT2D eigenvalue weighted by atomic mass is 10.2. The highest BCUT2D eigenvalue weighted by Crippen LogP contribution is 2.12. The van der Waals surface area contributed by atoms with E-state index in [4.69, 9.17) is 12.2 Å². The molecule has 1 heterocycles. The number of aryl methyl sites for hydroxylation is 1. The summed E-state index contributed by atoms with van der Waals surface area (Å²) < 4.78 is 30.1. The number of carbonyl (C=O) groups is 1. The first-order chi connectivity index (χ1) is 13.3. The molecule has 3 N–H and O–H groups in total. The molecule has 0 aliphatic carbocycles. The molecule has 0 aliphatic rings.